The van der Waals surface area contributed by atoms with E-state index in [2.05, 4.69) is 20.4 Å². The highest BCUT2D eigenvalue weighted by molar-refractivity contribution is 5.74. The van der Waals surface area contributed by atoms with Gasteiger partial charge in [0.2, 0.25) is 5.88 Å². The molecule has 1 heterocycles. The minimum absolute atomic E-state index is 0.00259. The van der Waals surface area contributed by atoms with Crippen LogP contribution in [0.3, 0.4) is 0 Å². The Balaban J connectivity index is 1.81. The van der Waals surface area contributed by atoms with Crippen molar-refractivity contribution in [3.63, 3.8) is 0 Å². The highest BCUT2D eigenvalue weighted by atomic mass is 19.4. The fourth-order valence-corrected chi connectivity index (χ4v) is 2.74. The van der Waals surface area contributed by atoms with Gasteiger partial charge < -0.3 is 20.1 Å². The van der Waals surface area contributed by atoms with Crippen molar-refractivity contribution >= 4 is 6.03 Å². The van der Waals surface area contributed by atoms with Gasteiger partial charge >= 0.3 is 12.2 Å². The second kappa shape index (κ2) is 8.89. The number of carbonyl (C=O) groups is 1. The van der Waals surface area contributed by atoms with Crippen LogP contribution in [0.5, 0.6) is 5.88 Å². The molecule has 2 N–H and O–H groups in total. The molecule has 1 saturated carbocycles. The lowest BCUT2D eigenvalue weighted by molar-refractivity contribution is -0.154. The first-order chi connectivity index (χ1) is 11.9. The zero-order valence-electron chi connectivity index (χ0n) is 13.9. The molecule has 140 valence electrons. The average molecular weight is 361 g/mol. The van der Waals surface area contributed by atoms with E-state index in [0.717, 1.165) is 25.7 Å². The van der Waals surface area contributed by atoms with E-state index in [1.165, 1.54) is 12.3 Å². The minimum Gasteiger partial charge on any atom is -0.468 e. The Labute approximate surface area is 144 Å². The van der Waals surface area contributed by atoms with Gasteiger partial charge in [-0.1, -0.05) is 12.8 Å². The second-order valence-corrected chi connectivity index (χ2v) is 5.90. The van der Waals surface area contributed by atoms with Crippen molar-refractivity contribution in [1.82, 2.24) is 15.6 Å². The van der Waals surface area contributed by atoms with Crippen LogP contribution in [0.4, 0.5) is 18.0 Å². The summed E-state index contributed by atoms with van der Waals surface area (Å²) in [5, 5.41) is 5.56. The Morgan fingerprint density at radius 2 is 2.12 bits per heavy atom. The summed E-state index contributed by atoms with van der Waals surface area (Å²) in [4.78, 5) is 15.7. The number of urea groups is 1. The van der Waals surface area contributed by atoms with Crippen LogP contribution in [0.2, 0.25) is 0 Å². The summed E-state index contributed by atoms with van der Waals surface area (Å²) in [6.07, 6.45) is 0.798. The number of hydrogen-bond donors (Lipinski definition) is 2. The van der Waals surface area contributed by atoms with E-state index in [-0.39, 0.29) is 30.6 Å². The smallest absolute Gasteiger partial charge is 0.422 e. The molecule has 2 amide bonds. The molecule has 0 unspecified atom stereocenters. The van der Waals surface area contributed by atoms with E-state index >= 15 is 0 Å². The van der Waals surface area contributed by atoms with E-state index in [4.69, 9.17) is 4.74 Å². The number of rotatable bonds is 6. The summed E-state index contributed by atoms with van der Waals surface area (Å²) in [7, 11) is 1.63. The summed E-state index contributed by atoms with van der Waals surface area (Å²) in [5.74, 6) is -0.135. The fraction of sp³-hybridized carbons (Fsp3) is 0.625. The normalized spacial score (nSPS) is 20.8. The van der Waals surface area contributed by atoms with E-state index in [1.54, 1.807) is 13.2 Å². The van der Waals surface area contributed by atoms with Crippen molar-refractivity contribution in [2.75, 3.05) is 13.7 Å². The van der Waals surface area contributed by atoms with Crippen LogP contribution in [0.1, 0.15) is 31.2 Å². The van der Waals surface area contributed by atoms with Crippen molar-refractivity contribution in [3.05, 3.63) is 23.9 Å². The number of amides is 2. The Morgan fingerprint density at radius 3 is 2.84 bits per heavy atom. The second-order valence-electron chi connectivity index (χ2n) is 5.90. The summed E-state index contributed by atoms with van der Waals surface area (Å²) < 4.78 is 46.4. The number of nitrogens with zero attached hydrogens (tertiary/aromatic N) is 1. The van der Waals surface area contributed by atoms with Gasteiger partial charge in [-0.15, -0.1) is 0 Å². The fourth-order valence-electron chi connectivity index (χ4n) is 2.74. The Hall–Kier alpha value is -2.03. The van der Waals surface area contributed by atoms with Crippen LogP contribution in [-0.2, 0) is 11.3 Å². The number of carbonyl (C=O) groups excluding carboxylic acids is 1. The number of ether oxygens (including phenoxy) is 2. The molecule has 0 radical (unpaired) electrons. The zero-order valence-corrected chi connectivity index (χ0v) is 13.9. The lowest BCUT2D eigenvalue weighted by Gasteiger charge is -2.31. The number of methoxy groups -OCH3 is 1. The molecular weight excluding hydrogens is 339 g/mol. The number of halogens is 3. The minimum atomic E-state index is -4.42. The Bertz CT molecular complexity index is 569. The van der Waals surface area contributed by atoms with Crippen molar-refractivity contribution in [3.8, 4) is 5.88 Å². The van der Waals surface area contributed by atoms with Gasteiger partial charge in [0.05, 0.1) is 12.1 Å². The van der Waals surface area contributed by atoms with Crippen molar-refractivity contribution in [2.45, 2.75) is 50.6 Å². The first kappa shape index (κ1) is 19.3. The molecular formula is C16H22F3N3O3. The van der Waals surface area contributed by atoms with E-state index in [0.29, 0.717) is 5.56 Å². The molecule has 0 spiro atoms. The van der Waals surface area contributed by atoms with E-state index in [1.807, 2.05) is 0 Å². The molecule has 6 nitrogen and oxygen atoms in total. The average Bonchev–Trinajstić information content (AvgIpc) is 2.58. The van der Waals surface area contributed by atoms with E-state index < -0.39 is 12.8 Å². The van der Waals surface area contributed by atoms with Gasteiger partial charge in [-0.2, -0.15) is 13.2 Å². The van der Waals surface area contributed by atoms with Crippen LogP contribution in [0.15, 0.2) is 18.3 Å². The third kappa shape index (κ3) is 6.77. The maximum atomic E-state index is 12.2. The third-order valence-electron chi connectivity index (χ3n) is 3.96. The van der Waals surface area contributed by atoms with Crippen LogP contribution >= 0.6 is 0 Å². The zero-order chi connectivity index (χ0) is 18.3. The standard InChI is InChI=1S/C16H22F3N3O3/c1-24-13-5-3-2-4-12(13)22-15(23)21-9-11-6-7-20-14(8-11)25-10-16(17,18)19/h6-8,12-13H,2-5,9-10H2,1H3,(H2,21,22,23)/t12-,13-/m0/s1. The van der Waals surface area contributed by atoms with Gasteiger partial charge in [0.15, 0.2) is 6.61 Å². The summed E-state index contributed by atoms with van der Waals surface area (Å²) in [5.41, 5.74) is 0.592. The van der Waals surface area contributed by atoms with Gasteiger partial charge in [0.1, 0.15) is 0 Å². The third-order valence-corrected chi connectivity index (χ3v) is 3.96. The molecule has 2 atom stereocenters. The van der Waals surface area contributed by atoms with Gasteiger partial charge in [0, 0.05) is 25.9 Å². The van der Waals surface area contributed by atoms with Crippen molar-refractivity contribution in [1.29, 1.82) is 0 Å². The summed E-state index contributed by atoms with van der Waals surface area (Å²) >= 11 is 0. The number of hydrogen-bond acceptors (Lipinski definition) is 4. The molecule has 0 bridgehead atoms. The molecule has 25 heavy (non-hydrogen) atoms. The molecule has 1 aliphatic rings. The largest absolute Gasteiger partial charge is 0.468 e. The topological polar surface area (TPSA) is 72.5 Å². The quantitative estimate of drug-likeness (QED) is 0.817. The molecule has 1 aromatic rings. The van der Waals surface area contributed by atoms with Gasteiger partial charge in [0.25, 0.3) is 0 Å². The van der Waals surface area contributed by atoms with Gasteiger partial charge in [-0.25, -0.2) is 9.78 Å². The number of pyridine rings is 1. The molecule has 1 aliphatic carbocycles. The van der Waals surface area contributed by atoms with Crippen LogP contribution in [0.25, 0.3) is 0 Å². The molecule has 9 heteroatoms. The maximum absolute atomic E-state index is 12.2. The van der Waals surface area contributed by atoms with Crippen LogP contribution in [0, 0.1) is 0 Å². The Morgan fingerprint density at radius 1 is 1.36 bits per heavy atom. The summed E-state index contributed by atoms with van der Waals surface area (Å²) in [6.45, 7) is -1.25. The molecule has 1 fully saturated rings. The van der Waals surface area contributed by atoms with Crippen molar-refractivity contribution in [2.24, 2.45) is 0 Å². The number of nitrogens with one attached hydrogen (secondary N) is 2. The van der Waals surface area contributed by atoms with Gasteiger partial charge in [-0.3, -0.25) is 0 Å². The highest BCUT2D eigenvalue weighted by Crippen LogP contribution is 2.21. The molecule has 2 rings (SSSR count). The molecule has 0 aromatic carbocycles. The molecule has 0 saturated heterocycles. The predicted octanol–water partition coefficient (Wildman–Crippen LogP) is 2.78. The monoisotopic (exact) mass is 361 g/mol. The first-order valence-electron chi connectivity index (χ1n) is 8.09. The first-order valence-corrected chi connectivity index (χ1v) is 8.09. The lowest BCUT2D eigenvalue weighted by atomic mass is 9.92. The predicted molar refractivity (Wildman–Crippen MR) is 84.2 cm³/mol. The van der Waals surface area contributed by atoms with Gasteiger partial charge in [-0.05, 0) is 24.5 Å². The summed E-state index contributed by atoms with van der Waals surface area (Å²) in [6, 6.07) is 2.58. The Kier molecular flexibility index (Phi) is 6.86. The number of aromatic nitrogens is 1. The highest BCUT2D eigenvalue weighted by Gasteiger charge is 2.29. The SMILES string of the molecule is CO[C@H]1CCCC[C@@H]1NC(=O)NCc1ccnc(OCC(F)(F)F)c1. The van der Waals surface area contributed by atoms with Crippen LogP contribution in [-0.4, -0.2) is 43.1 Å². The van der Waals surface area contributed by atoms with Crippen LogP contribution < -0.4 is 15.4 Å². The van der Waals surface area contributed by atoms with E-state index in [9.17, 15) is 18.0 Å². The van der Waals surface area contributed by atoms with Crippen molar-refractivity contribution < 1.29 is 27.4 Å². The number of alkyl halides is 3. The molecule has 0 aliphatic heterocycles. The maximum Gasteiger partial charge on any atom is 0.422 e. The molecule has 1 aromatic heterocycles. The lowest BCUT2D eigenvalue weighted by Crippen LogP contribution is -2.49.